The number of esters is 2. The number of rotatable bonds is 15. The molecule has 0 radical (unpaired) electrons. The molecule has 2 rings (SSSR count). The Morgan fingerprint density at radius 3 is 2.03 bits per heavy atom. The van der Waals surface area contributed by atoms with E-state index < -0.39 is 14.1 Å². The second-order valence-corrected chi connectivity index (χ2v) is 14.7. The van der Waals surface area contributed by atoms with Crippen LogP contribution < -0.4 is 0 Å². The van der Waals surface area contributed by atoms with Gasteiger partial charge in [0.1, 0.15) is 17.5 Å². The van der Waals surface area contributed by atoms with Gasteiger partial charge in [0.05, 0.1) is 6.42 Å². The standard InChI is InChI=1S/C25H42O7S2Si/c1-19-8-6-10-21(16-19)31-24(26)18-23(25(27)32-22-11-7-9-20(2)17-22)34-13-12-33-14-15-35(28-3,29-4)30-5/h16-17,21-23H,6-15,18H2,1-5H3. The van der Waals surface area contributed by atoms with Crippen molar-refractivity contribution in [2.24, 2.45) is 0 Å². The number of carbonyl (C=O) groups is 2. The first-order chi connectivity index (χ1) is 16.8. The van der Waals surface area contributed by atoms with Gasteiger partial charge in [0.25, 0.3) is 0 Å². The molecule has 0 fully saturated rings. The van der Waals surface area contributed by atoms with Gasteiger partial charge in [-0.25, -0.2) is 0 Å². The van der Waals surface area contributed by atoms with Gasteiger partial charge in [-0.05, 0) is 70.3 Å². The summed E-state index contributed by atoms with van der Waals surface area (Å²) < 4.78 is 27.8. The highest BCUT2D eigenvalue weighted by atomic mass is 32.2. The molecule has 35 heavy (non-hydrogen) atoms. The zero-order valence-electron chi connectivity index (χ0n) is 21.8. The molecule has 0 aromatic heterocycles. The molecule has 2 aliphatic rings. The van der Waals surface area contributed by atoms with E-state index in [9.17, 15) is 9.59 Å². The summed E-state index contributed by atoms with van der Waals surface area (Å²) in [6.07, 6.45) is 9.48. The van der Waals surface area contributed by atoms with Gasteiger partial charge in [0.2, 0.25) is 0 Å². The van der Waals surface area contributed by atoms with E-state index in [1.807, 2.05) is 12.2 Å². The van der Waals surface area contributed by atoms with Crippen molar-refractivity contribution in [1.29, 1.82) is 0 Å². The zero-order chi connectivity index (χ0) is 25.7. The van der Waals surface area contributed by atoms with Crippen molar-refractivity contribution < 1.29 is 32.3 Å². The maximum absolute atomic E-state index is 13.0. The molecule has 2 aliphatic carbocycles. The summed E-state index contributed by atoms with van der Waals surface area (Å²) in [5.74, 6) is 1.72. The van der Waals surface area contributed by atoms with Crippen LogP contribution in [-0.4, -0.2) is 76.8 Å². The van der Waals surface area contributed by atoms with E-state index >= 15 is 0 Å². The van der Waals surface area contributed by atoms with Crippen LogP contribution in [0.5, 0.6) is 0 Å². The average molecular weight is 547 g/mol. The van der Waals surface area contributed by atoms with Gasteiger partial charge >= 0.3 is 20.7 Å². The Balaban J connectivity index is 1.87. The Morgan fingerprint density at radius 1 is 0.914 bits per heavy atom. The first kappa shape index (κ1) is 30.4. The normalized spacial score (nSPS) is 21.6. The number of allylic oxidation sites excluding steroid dienone is 2. The maximum atomic E-state index is 13.0. The van der Waals surface area contributed by atoms with Crippen LogP contribution in [0.3, 0.4) is 0 Å². The molecule has 0 aromatic carbocycles. The fourth-order valence-corrected chi connectivity index (χ4v) is 8.71. The lowest BCUT2D eigenvalue weighted by Gasteiger charge is -2.24. The molecular weight excluding hydrogens is 504 g/mol. The summed E-state index contributed by atoms with van der Waals surface area (Å²) in [6, 6.07) is 0.714. The van der Waals surface area contributed by atoms with Crippen molar-refractivity contribution in [3.63, 3.8) is 0 Å². The van der Waals surface area contributed by atoms with Crippen LogP contribution in [0.1, 0.15) is 58.8 Å². The van der Waals surface area contributed by atoms with Crippen LogP contribution in [0.25, 0.3) is 0 Å². The van der Waals surface area contributed by atoms with E-state index in [2.05, 4.69) is 13.8 Å². The van der Waals surface area contributed by atoms with E-state index in [-0.39, 0.29) is 30.6 Å². The van der Waals surface area contributed by atoms with Crippen LogP contribution in [0, 0.1) is 0 Å². The van der Waals surface area contributed by atoms with Crippen molar-refractivity contribution in [3.8, 4) is 0 Å². The monoisotopic (exact) mass is 546 g/mol. The second kappa shape index (κ2) is 16.1. The van der Waals surface area contributed by atoms with Crippen molar-refractivity contribution in [2.45, 2.75) is 82.3 Å². The van der Waals surface area contributed by atoms with Crippen LogP contribution in [0.15, 0.2) is 23.3 Å². The van der Waals surface area contributed by atoms with Crippen LogP contribution >= 0.6 is 23.5 Å². The third-order valence-electron chi connectivity index (χ3n) is 6.26. The highest BCUT2D eigenvalue weighted by Gasteiger charge is 2.37. The predicted molar refractivity (Wildman–Crippen MR) is 145 cm³/mol. The van der Waals surface area contributed by atoms with Crippen molar-refractivity contribution >= 4 is 44.3 Å². The first-order valence-corrected chi connectivity index (χ1v) is 16.5. The minimum Gasteiger partial charge on any atom is -0.458 e. The molecule has 0 aliphatic heterocycles. The molecular formula is C25H42O7S2Si. The highest BCUT2D eigenvalue weighted by Crippen LogP contribution is 2.26. The lowest BCUT2D eigenvalue weighted by atomic mass is 9.98. The lowest BCUT2D eigenvalue weighted by Crippen LogP contribution is -2.43. The van der Waals surface area contributed by atoms with Crippen molar-refractivity contribution in [2.75, 3.05) is 38.6 Å². The Hall–Kier alpha value is -0.783. The first-order valence-electron chi connectivity index (χ1n) is 12.4. The van der Waals surface area contributed by atoms with E-state index in [4.69, 9.17) is 22.8 Å². The SMILES string of the molecule is CO[Si](CCSCCSC(CC(=O)OC1C=C(C)CCC1)C(=O)OC1C=C(C)CCC1)(OC)OC. The second-order valence-electron chi connectivity index (χ2n) is 9.04. The summed E-state index contributed by atoms with van der Waals surface area (Å²) in [5.41, 5.74) is 2.50. The molecule has 3 atom stereocenters. The number of ether oxygens (including phenoxy) is 2. The van der Waals surface area contributed by atoms with Gasteiger partial charge in [0, 0.05) is 38.9 Å². The Bertz CT molecular complexity index is 731. The summed E-state index contributed by atoms with van der Waals surface area (Å²) in [6.45, 7) is 4.13. The molecule has 0 spiro atoms. The minimum absolute atomic E-state index is 0.0278. The number of thioether (sulfide) groups is 2. The topological polar surface area (TPSA) is 80.3 Å². The van der Waals surface area contributed by atoms with Gasteiger partial charge < -0.3 is 22.8 Å². The van der Waals surface area contributed by atoms with E-state index in [0.717, 1.165) is 55.8 Å². The molecule has 10 heteroatoms. The van der Waals surface area contributed by atoms with Crippen LogP contribution in [0.2, 0.25) is 6.04 Å². The Morgan fingerprint density at radius 2 is 1.49 bits per heavy atom. The van der Waals surface area contributed by atoms with Gasteiger partial charge in [-0.3, -0.25) is 9.59 Å². The van der Waals surface area contributed by atoms with Gasteiger partial charge in [-0.15, -0.1) is 11.8 Å². The third kappa shape index (κ3) is 11.0. The van der Waals surface area contributed by atoms with Gasteiger partial charge in [-0.2, -0.15) is 11.8 Å². The van der Waals surface area contributed by atoms with Gasteiger partial charge in [-0.1, -0.05) is 11.1 Å². The quantitative estimate of drug-likeness (QED) is 0.120. The van der Waals surface area contributed by atoms with Gasteiger partial charge in [0.15, 0.2) is 0 Å². The molecule has 0 N–H and O–H groups in total. The summed E-state index contributed by atoms with van der Waals surface area (Å²) in [7, 11) is 2.27. The summed E-state index contributed by atoms with van der Waals surface area (Å²) >= 11 is 3.22. The number of hydrogen-bond acceptors (Lipinski definition) is 9. The maximum Gasteiger partial charge on any atom is 0.500 e. The molecule has 0 saturated carbocycles. The molecule has 200 valence electrons. The summed E-state index contributed by atoms with van der Waals surface area (Å²) in [5, 5.41) is -0.571. The largest absolute Gasteiger partial charge is 0.500 e. The fourth-order valence-electron chi connectivity index (χ4n) is 4.23. The molecule has 0 saturated heterocycles. The number of hydrogen-bond donors (Lipinski definition) is 0. The highest BCUT2D eigenvalue weighted by molar-refractivity contribution is 8.03. The predicted octanol–water partition coefficient (Wildman–Crippen LogP) is 5.17. The smallest absolute Gasteiger partial charge is 0.458 e. The molecule has 7 nitrogen and oxygen atoms in total. The molecule has 3 unspecified atom stereocenters. The minimum atomic E-state index is -2.57. The van der Waals surface area contributed by atoms with E-state index in [1.54, 1.807) is 33.1 Å². The Labute approximate surface area is 220 Å². The lowest BCUT2D eigenvalue weighted by molar-refractivity contribution is -0.153. The Kier molecular flexibility index (Phi) is 14.0. The van der Waals surface area contributed by atoms with Crippen molar-refractivity contribution in [1.82, 2.24) is 0 Å². The third-order valence-corrected chi connectivity index (χ3v) is 11.8. The average Bonchev–Trinajstić information content (AvgIpc) is 2.83. The number of carbonyl (C=O) groups excluding carboxylic acids is 2. The van der Waals surface area contributed by atoms with Crippen LogP contribution in [0.4, 0.5) is 0 Å². The molecule has 0 aromatic rings. The van der Waals surface area contributed by atoms with E-state index in [0.29, 0.717) is 6.04 Å². The summed E-state index contributed by atoms with van der Waals surface area (Å²) in [4.78, 5) is 25.7. The molecule has 0 amide bonds. The van der Waals surface area contributed by atoms with E-state index in [1.165, 1.54) is 22.9 Å². The fraction of sp³-hybridized carbons (Fsp3) is 0.760. The van der Waals surface area contributed by atoms with Crippen molar-refractivity contribution in [3.05, 3.63) is 23.3 Å². The zero-order valence-corrected chi connectivity index (χ0v) is 24.5. The van der Waals surface area contributed by atoms with Crippen LogP contribution in [-0.2, 0) is 32.3 Å². The molecule has 0 bridgehead atoms. The molecule has 0 heterocycles.